The lowest BCUT2D eigenvalue weighted by molar-refractivity contribution is 0.281. The van der Waals surface area contributed by atoms with Crippen LogP contribution in [-0.2, 0) is 19.4 Å². The van der Waals surface area contributed by atoms with E-state index in [1.807, 2.05) is 12.1 Å². The molecule has 2 heterocycles. The molecule has 1 aromatic heterocycles. The number of unbranched alkanes of at least 4 members (excludes halogenated alkanes) is 2. The first-order valence-corrected chi connectivity index (χ1v) is 8.83. The molecule has 124 valence electrons. The van der Waals surface area contributed by atoms with E-state index < -0.39 is 0 Å². The van der Waals surface area contributed by atoms with Crippen LogP contribution < -0.4 is 5.32 Å². The van der Waals surface area contributed by atoms with E-state index in [1.165, 1.54) is 22.5 Å². The highest BCUT2D eigenvalue weighted by Crippen LogP contribution is 2.29. The Morgan fingerprint density at radius 1 is 1.09 bits per heavy atom. The average molecular weight is 334 g/mol. The zero-order valence-corrected chi connectivity index (χ0v) is 14.1. The highest BCUT2D eigenvalue weighted by atomic mass is 35.5. The summed E-state index contributed by atoms with van der Waals surface area (Å²) in [6.07, 6.45) is 4.94. The Kier molecular flexibility index (Phi) is 5.70. The van der Waals surface area contributed by atoms with Crippen molar-refractivity contribution in [2.75, 3.05) is 19.7 Å². The van der Waals surface area contributed by atoms with Gasteiger partial charge in [0.25, 0.3) is 0 Å². The SMILES string of the molecule is OCCCCCn1nc2c(c1-c1ccc(Cl)cc1)CCNCC2. The number of halogens is 1. The summed E-state index contributed by atoms with van der Waals surface area (Å²) < 4.78 is 2.16. The summed E-state index contributed by atoms with van der Waals surface area (Å²) in [5.74, 6) is 0. The summed E-state index contributed by atoms with van der Waals surface area (Å²) in [7, 11) is 0. The van der Waals surface area contributed by atoms with Crippen LogP contribution in [0.5, 0.6) is 0 Å². The van der Waals surface area contributed by atoms with Gasteiger partial charge < -0.3 is 10.4 Å². The molecule has 23 heavy (non-hydrogen) atoms. The minimum Gasteiger partial charge on any atom is -0.396 e. The molecule has 5 heteroatoms. The molecule has 4 nitrogen and oxygen atoms in total. The summed E-state index contributed by atoms with van der Waals surface area (Å²) in [6.45, 7) is 3.17. The monoisotopic (exact) mass is 333 g/mol. The van der Waals surface area contributed by atoms with Gasteiger partial charge in [0.15, 0.2) is 0 Å². The van der Waals surface area contributed by atoms with E-state index in [9.17, 15) is 0 Å². The second-order valence-electron chi connectivity index (χ2n) is 6.04. The highest BCUT2D eigenvalue weighted by Gasteiger charge is 2.20. The Hall–Kier alpha value is -1.36. The van der Waals surface area contributed by atoms with Crippen molar-refractivity contribution in [3.8, 4) is 11.3 Å². The Bertz CT molecular complexity index is 636. The Balaban J connectivity index is 1.92. The van der Waals surface area contributed by atoms with Gasteiger partial charge in [-0.3, -0.25) is 4.68 Å². The Morgan fingerprint density at radius 2 is 1.87 bits per heavy atom. The van der Waals surface area contributed by atoms with Crippen molar-refractivity contribution in [3.05, 3.63) is 40.5 Å². The maximum absolute atomic E-state index is 8.94. The predicted octanol–water partition coefficient (Wildman–Crippen LogP) is 3.05. The van der Waals surface area contributed by atoms with Crippen molar-refractivity contribution in [2.24, 2.45) is 0 Å². The molecule has 0 saturated heterocycles. The number of benzene rings is 1. The summed E-state index contributed by atoms with van der Waals surface area (Å²) in [5, 5.41) is 18.0. The molecule has 0 amide bonds. The van der Waals surface area contributed by atoms with Gasteiger partial charge in [-0.1, -0.05) is 23.7 Å². The van der Waals surface area contributed by atoms with E-state index in [2.05, 4.69) is 22.1 Å². The number of rotatable bonds is 6. The van der Waals surface area contributed by atoms with Gasteiger partial charge in [0.1, 0.15) is 0 Å². The molecule has 0 bridgehead atoms. The molecule has 3 rings (SSSR count). The van der Waals surface area contributed by atoms with E-state index in [-0.39, 0.29) is 6.61 Å². The number of aliphatic hydroxyl groups excluding tert-OH is 1. The maximum Gasteiger partial charge on any atom is 0.0717 e. The lowest BCUT2D eigenvalue weighted by atomic mass is 10.0. The minimum absolute atomic E-state index is 0.269. The summed E-state index contributed by atoms with van der Waals surface area (Å²) >= 11 is 6.04. The van der Waals surface area contributed by atoms with Gasteiger partial charge in [-0.25, -0.2) is 0 Å². The van der Waals surface area contributed by atoms with Crippen LogP contribution in [-0.4, -0.2) is 34.6 Å². The molecule has 1 aromatic carbocycles. The standard InChI is InChI=1S/C18H24ClN3O/c19-15-6-4-14(5-7-15)18-16-8-10-20-11-9-17(16)21-22(18)12-2-1-3-13-23/h4-7,20,23H,1-3,8-13H2. The van der Waals surface area contributed by atoms with Crippen LogP contribution >= 0.6 is 11.6 Å². The first-order valence-electron chi connectivity index (χ1n) is 8.45. The van der Waals surface area contributed by atoms with Gasteiger partial charge in [0.2, 0.25) is 0 Å². The van der Waals surface area contributed by atoms with Crippen LogP contribution in [0.2, 0.25) is 5.02 Å². The van der Waals surface area contributed by atoms with Gasteiger partial charge >= 0.3 is 0 Å². The first kappa shape index (κ1) is 16.5. The number of nitrogens with zero attached hydrogens (tertiary/aromatic N) is 2. The lowest BCUT2D eigenvalue weighted by Crippen LogP contribution is -2.17. The van der Waals surface area contributed by atoms with Crippen LogP contribution in [0.25, 0.3) is 11.3 Å². The van der Waals surface area contributed by atoms with Crippen LogP contribution in [0, 0.1) is 0 Å². The number of hydrogen-bond donors (Lipinski definition) is 2. The number of aromatic nitrogens is 2. The third kappa shape index (κ3) is 3.94. The number of fused-ring (bicyclic) bond motifs is 1. The fourth-order valence-corrected chi connectivity index (χ4v) is 3.33. The molecule has 0 unspecified atom stereocenters. The van der Waals surface area contributed by atoms with Crippen molar-refractivity contribution in [1.82, 2.24) is 15.1 Å². The van der Waals surface area contributed by atoms with E-state index in [1.54, 1.807) is 0 Å². The smallest absolute Gasteiger partial charge is 0.0717 e. The Labute approximate surface area is 142 Å². The molecule has 0 radical (unpaired) electrons. The topological polar surface area (TPSA) is 50.1 Å². The van der Waals surface area contributed by atoms with Gasteiger partial charge in [-0.05, 0) is 44.4 Å². The van der Waals surface area contributed by atoms with Crippen LogP contribution in [0.1, 0.15) is 30.5 Å². The summed E-state index contributed by atoms with van der Waals surface area (Å²) in [5.41, 5.74) is 5.03. The molecule has 0 fully saturated rings. The second-order valence-corrected chi connectivity index (χ2v) is 6.47. The molecule has 1 aliphatic heterocycles. The fourth-order valence-electron chi connectivity index (χ4n) is 3.20. The molecule has 2 aromatic rings. The van der Waals surface area contributed by atoms with E-state index in [0.29, 0.717) is 0 Å². The van der Waals surface area contributed by atoms with Crippen LogP contribution in [0.4, 0.5) is 0 Å². The predicted molar refractivity (Wildman–Crippen MR) is 93.9 cm³/mol. The molecule has 1 aliphatic rings. The number of aryl methyl sites for hydroxylation is 1. The van der Waals surface area contributed by atoms with Crippen molar-refractivity contribution in [1.29, 1.82) is 0 Å². The van der Waals surface area contributed by atoms with Gasteiger partial charge in [-0.15, -0.1) is 0 Å². The van der Waals surface area contributed by atoms with Crippen molar-refractivity contribution in [3.63, 3.8) is 0 Å². The molecular formula is C18H24ClN3O. The van der Waals surface area contributed by atoms with Crippen LogP contribution in [0.3, 0.4) is 0 Å². The average Bonchev–Trinajstić information content (AvgIpc) is 2.74. The maximum atomic E-state index is 8.94. The molecule has 2 N–H and O–H groups in total. The van der Waals surface area contributed by atoms with Gasteiger partial charge in [-0.2, -0.15) is 5.10 Å². The normalized spacial score (nSPS) is 14.5. The largest absolute Gasteiger partial charge is 0.396 e. The summed E-state index contributed by atoms with van der Waals surface area (Å²) in [4.78, 5) is 0. The number of nitrogens with one attached hydrogen (secondary N) is 1. The quantitative estimate of drug-likeness (QED) is 0.799. The number of hydrogen-bond acceptors (Lipinski definition) is 3. The fraction of sp³-hybridized carbons (Fsp3) is 0.500. The third-order valence-electron chi connectivity index (χ3n) is 4.37. The molecular weight excluding hydrogens is 310 g/mol. The van der Waals surface area contributed by atoms with Crippen molar-refractivity contribution < 1.29 is 5.11 Å². The molecule has 0 spiro atoms. The van der Waals surface area contributed by atoms with Crippen molar-refractivity contribution >= 4 is 11.6 Å². The van der Waals surface area contributed by atoms with E-state index in [0.717, 1.165) is 56.8 Å². The third-order valence-corrected chi connectivity index (χ3v) is 4.62. The molecule has 0 saturated carbocycles. The number of aliphatic hydroxyl groups is 1. The second kappa shape index (κ2) is 7.95. The minimum atomic E-state index is 0.269. The van der Waals surface area contributed by atoms with E-state index >= 15 is 0 Å². The first-order chi connectivity index (χ1) is 11.3. The lowest BCUT2D eigenvalue weighted by Gasteiger charge is -2.10. The van der Waals surface area contributed by atoms with Crippen LogP contribution in [0.15, 0.2) is 24.3 Å². The highest BCUT2D eigenvalue weighted by molar-refractivity contribution is 6.30. The zero-order valence-electron chi connectivity index (χ0n) is 13.4. The van der Waals surface area contributed by atoms with Gasteiger partial charge in [0.05, 0.1) is 11.4 Å². The molecule has 0 aliphatic carbocycles. The van der Waals surface area contributed by atoms with E-state index in [4.69, 9.17) is 21.8 Å². The van der Waals surface area contributed by atoms with Crippen molar-refractivity contribution in [2.45, 2.75) is 38.6 Å². The Morgan fingerprint density at radius 3 is 2.65 bits per heavy atom. The zero-order chi connectivity index (χ0) is 16.1. The van der Waals surface area contributed by atoms with Gasteiger partial charge in [0, 0.05) is 42.3 Å². The summed E-state index contributed by atoms with van der Waals surface area (Å²) in [6, 6.07) is 8.06. The molecule has 0 atom stereocenters.